The summed E-state index contributed by atoms with van der Waals surface area (Å²) in [7, 11) is 0. The van der Waals surface area contributed by atoms with Gasteiger partial charge in [0.2, 0.25) is 0 Å². The zero-order valence-electron chi connectivity index (χ0n) is 10.5. The molecule has 94 valence electrons. The van der Waals surface area contributed by atoms with Gasteiger partial charge in [0.1, 0.15) is 11.4 Å². The third kappa shape index (κ3) is 5.92. The molecule has 0 amide bonds. The number of esters is 1. The maximum Gasteiger partial charge on any atom is 0.320 e. The van der Waals surface area contributed by atoms with E-state index in [2.05, 4.69) is 5.32 Å². The van der Waals surface area contributed by atoms with Crippen LogP contribution in [-0.4, -0.2) is 23.2 Å². The summed E-state index contributed by atoms with van der Waals surface area (Å²) in [5.74, 6) is -0.0304. The fourth-order valence-electron chi connectivity index (χ4n) is 1.30. The number of nitrogens with one attached hydrogen (secondary N) is 1. The lowest BCUT2D eigenvalue weighted by Crippen LogP contribution is -2.31. The minimum Gasteiger partial charge on any atom is -0.508 e. The molecule has 0 saturated heterocycles. The Morgan fingerprint density at radius 3 is 2.41 bits per heavy atom. The summed E-state index contributed by atoms with van der Waals surface area (Å²) in [5.41, 5.74) is 0.559. The van der Waals surface area contributed by atoms with Gasteiger partial charge >= 0.3 is 5.97 Å². The summed E-state index contributed by atoms with van der Waals surface area (Å²) in [5, 5.41) is 12.1. The van der Waals surface area contributed by atoms with Crippen molar-refractivity contribution in [2.24, 2.45) is 0 Å². The van der Waals surface area contributed by atoms with E-state index < -0.39 is 5.60 Å². The number of carbonyl (C=O) groups excluding carboxylic acids is 1. The first-order chi connectivity index (χ1) is 7.87. The Morgan fingerprint density at radius 1 is 1.29 bits per heavy atom. The lowest BCUT2D eigenvalue weighted by atomic mass is 10.2. The van der Waals surface area contributed by atoms with Crippen LogP contribution in [-0.2, 0) is 16.1 Å². The van der Waals surface area contributed by atoms with Crippen LogP contribution in [0.25, 0.3) is 0 Å². The summed E-state index contributed by atoms with van der Waals surface area (Å²) < 4.78 is 5.15. The molecule has 0 unspecified atom stereocenters. The SMILES string of the molecule is CC(C)(C)OC(=O)CNCc1ccc(O)cc1. The van der Waals surface area contributed by atoms with Gasteiger partial charge in [-0.25, -0.2) is 0 Å². The van der Waals surface area contributed by atoms with Crippen molar-refractivity contribution in [2.45, 2.75) is 32.9 Å². The minimum atomic E-state index is -0.447. The molecule has 0 saturated carbocycles. The molecule has 1 rings (SSSR count). The third-order valence-corrected chi connectivity index (χ3v) is 1.95. The van der Waals surface area contributed by atoms with Crippen molar-refractivity contribution < 1.29 is 14.6 Å². The van der Waals surface area contributed by atoms with Gasteiger partial charge in [0.25, 0.3) is 0 Å². The van der Waals surface area contributed by atoms with Gasteiger partial charge in [-0.15, -0.1) is 0 Å². The van der Waals surface area contributed by atoms with E-state index in [0.29, 0.717) is 6.54 Å². The second-order valence-corrected chi connectivity index (χ2v) is 4.86. The van der Waals surface area contributed by atoms with Crippen LogP contribution in [0.15, 0.2) is 24.3 Å². The van der Waals surface area contributed by atoms with Crippen molar-refractivity contribution in [3.63, 3.8) is 0 Å². The average Bonchev–Trinajstić information content (AvgIpc) is 2.18. The molecule has 1 aromatic rings. The number of benzene rings is 1. The quantitative estimate of drug-likeness (QED) is 0.784. The van der Waals surface area contributed by atoms with Gasteiger partial charge in [0.05, 0.1) is 6.54 Å². The molecule has 0 radical (unpaired) electrons. The molecule has 4 nitrogen and oxygen atoms in total. The summed E-state index contributed by atoms with van der Waals surface area (Å²) in [6, 6.07) is 6.84. The smallest absolute Gasteiger partial charge is 0.320 e. The Hall–Kier alpha value is -1.55. The Bertz CT molecular complexity index is 365. The number of phenolic OH excluding ortho intramolecular Hbond substituents is 1. The average molecular weight is 237 g/mol. The topological polar surface area (TPSA) is 58.6 Å². The molecule has 2 N–H and O–H groups in total. The molecule has 0 aliphatic rings. The molecule has 0 aromatic heterocycles. The van der Waals surface area contributed by atoms with E-state index in [1.807, 2.05) is 20.8 Å². The fourth-order valence-corrected chi connectivity index (χ4v) is 1.30. The Kier molecular flexibility index (Phi) is 4.52. The van der Waals surface area contributed by atoms with Crippen LogP contribution in [0.4, 0.5) is 0 Å². The summed E-state index contributed by atoms with van der Waals surface area (Å²) >= 11 is 0. The summed E-state index contributed by atoms with van der Waals surface area (Å²) in [4.78, 5) is 11.4. The summed E-state index contributed by atoms with van der Waals surface area (Å²) in [6.45, 7) is 6.26. The van der Waals surface area contributed by atoms with Crippen molar-refractivity contribution in [3.8, 4) is 5.75 Å². The maximum atomic E-state index is 11.4. The zero-order valence-corrected chi connectivity index (χ0v) is 10.5. The molecular formula is C13H19NO3. The van der Waals surface area contributed by atoms with E-state index in [1.165, 1.54) is 0 Å². The van der Waals surface area contributed by atoms with Gasteiger partial charge in [-0.1, -0.05) is 12.1 Å². The Balaban J connectivity index is 2.28. The Morgan fingerprint density at radius 2 is 1.88 bits per heavy atom. The molecule has 0 fully saturated rings. The first-order valence-corrected chi connectivity index (χ1v) is 5.57. The number of hydrogen-bond acceptors (Lipinski definition) is 4. The van der Waals surface area contributed by atoms with Gasteiger partial charge in [-0.3, -0.25) is 4.79 Å². The highest BCUT2D eigenvalue weighted by molar-refractivity contribution is 5.72. The van der Waals surface area contributed by atoms with Gasteiger partial charge in [0.15, 0.2) is 0 Å². The third-order valence-electron chi connectivity index (χ3n) is 1.95. The number of ether oxygens (including phenoxy) is 1. The predicted octanol–water partition coefficient (Wildman–Crippen LogP) is 1.82. The first-order valence-electron chi connectivity index (χ1n) is 5.57. The zero-order chi connectivity index (χ0) is 12.9. The van der Waals surface area contributed by atoms with E-state index in [9.17, 15) is 4.79 Å². The monoisotopic (exact) mass is 237 g/mol. The standard InChI is InChI=1S/C13H19NO3/c1-13(2,3)17-12(16)9-14-8-10-4-6-11(15)7-5-10/h4-7,14-15H,8-9H2,1-3H3. The van der Waals surface area contributed by atoms with E-state index in [-0.39, 0.29) is 18.3 Å². The summed E-state index contributed by atoms with van der Waals surface area (Å²) in [6.07, 6.45) is 0. The van der Waals surface area contributed by atoms with Crippen LogP contribution in [0, 0.1) is 0 Å². The van der Waals surface area contributed by atoms with Crippen LogP contribution in [0.1, 0.15) is 26.3 Å². The largest absolute Gasteiger partial charge is 0.508 e. The molecule has 0 bridgehead atoms. The van der Waals surface area contributed by atoms with Crippen LogP contribution < -0.4 is 5.32 Å². The van der Waals surface area contributed by atoms with Crippen molar-refractivity contribution in [1.82, 2.24) is 5.32 Å². The van der Waals surface area contributed by atoms with Crippen LogP contribution >= 0.6 is 0 Å². The number of phenols is 1. The predicted molar refractivity (Wildman–Crippen MR) is 65.7 cm³/mol. The number of hydrogen-bond donors (Lipinski definition) is 2. The molecule has 0 aliphatic carbocycles. The molecule has 0 spiro atoms. The highest BCUT2D eigenvalue weighted by atomic mass is 16.6. The molecule has 4 heteroatoms. The van der Waals surface area contributed by atoms with E-state index in [0.717, 1.165) is 5.56 Å². The molecule has 17 heavy (non-hydrogen) atoms. The molecule has 0 heterocycles. The molecule has 0 aliphatic heterocycles. The van der Waals surface area contributed by atoms with E-state index in [4.69, 9.17) is 9.84 Å². The van der Waals surface area contributed by atoms with E-state index in [1.54, 1.807) is 24.3 Å². The van der Waals surface area contributed by atoms with Crippen molar-refractivity contribution in [3.05, 3.63) is 29.8 Å². The lowest BCUT2D eigenvalue weighted by molar-refractivity contribution is -0.153. The Labute approximate surface area is 102 Å². The number of rotatable bonds is 4. The maximum absolute atomic E-state index is 11.4. The van der Waals surface area contributed by atoms with Crippen LogP contribution in [0.2, 0.25) is 0 Å². The molecule has 1 aromatic carbocycles. The number of aromatic hydroxyl groups is 1. The van der Waals surface area contributed by atoms with Gasteiger partial charge in [-0.2, -0.15) is 0 Å². The second kappa shape index (κ2) is 5.68. The van der Waals surface area contributed by atoms with Gasteiger partial charge in [-0.05, 0) is 38.5 Å². The van der Waals surface area contributed by atoms with Crippen molar-refractivity contribution in [1.29, 1.82) is 0 Å². The van der Waals surface area contributed by atoms with Crippen molar-refractivity contribution in [2.75, 3.05) is 6.54 Å². The highest BCUT2D eigenvalue weighted by Gasteiger charge is 2.15. The second-order valence-electron chi connectivity index (χ2n) is 4.86. The molecular weight excluding hydrogens is 218 g/mol. The fraction of sp³-hybridized carbons (Fsp3) is 0.462. The van der Waals surface area contributed by atoms with Gasteiger partial charge in [0, 0.05) is 6.54 Å². The first kappa shape index (κ1) is 13.5. The lowest BCUT2D eigenvalue weighted by Gasteiger charge is -2.19. The van der Waals surface area contributed by atoms with Crippen LogP contribution in [0.3, 0.4) is 0 Å². The minimum absolute atomic E-state index is 0.179. The number of carbonyl (C=O) groups is 1. The molecule has 0 atom stereocenters. The normalized spacial score (nSPS) is 11.2. The van der Waals surface area contributed by atoms with E-state index >= 15 is 0 Å². The van der Waals surface area contributed by atoms with Crippen LogP contribution in [0.5, 0.6) is 5.75 Å². The highest BCUT2D eigenvalue weighted by Crippen LogP contribution is 2.09. The van der Waals surface area contributed by atoms with Gasteiger partial charge < -0.3 is 15.2 Å². The van der Waals surface area contributed by atoms with Crippen molar-refractivity contribution >= 4 is 5.97 Å².